The van der Waals surface area contributed by atoms with Crippen LogP contribution < -0.4 is 0 Å². The van der Waals surface area contributed by atoms with Gasteiger partial charge in [0.2, 0.25) is 0 Å². The number of nitrogens with zero attached hydrogens (tertiary/aromatic N) is 3. The maximum atomic E-state index is 12.4. The monoisotopic (exact) mass is 293 g/mol. The Labute approximate surface area is 109 Å². The Balaban J connectivity index is 2.42. The maximum Gasteiger partial charge on any atom is 0.318 e. The number of carboxylic acid groups (broad SMARTS) is 1. The van der Waals surface area contributed by atoms with E-state index >= 15 is 0 Å². The average molecular weight is 294 g/mol. The molecule has 2 rings (SSSR count). The van der Waals surface area contributed by atoms with Gasteiger partial charge in [-0.15, -0.1) is 0 Å². The number of rotatable bonds is 5. The second-order valence-electron chi connectivity index (χ2n) is 4.10. The Bertz CT molecular complexity index is 559. The van der Waals surface area contributed by atoms with Crippen LogP contribution in [0.2, 0.25) is 5.02 Å². The van der Waals surface area contributed by atoms with Crippen molar-refractivity contribution in [3.63, 3.8) is 0 Å². The van der Waals surface area contributed by atoms with Crippen LogP contribution in [0.1, 0.15) is 12.8 Å². The predicted octanol–water partition coefficient (Wildman–Crippen LogP) is 0.311. The van der Waals surface area contributed by atoms with E-state index in [1.54, 1.807) is 0 Å². The van der Waals surface area contributed by atoms with Crippen LogP contribution in [-0.4, -0.2) is 46.2 Å². The van der Waals surface area contributed by atoms with Crippen molar-refractivity contribution in [2.45, 2.75) is 23.9 Å². The number of hydrogen-bond donors (Lipinski definition) is 1. The minimum absolute atomic E-state index is 0.00598. The molecule has 7 nitrogen and oxygen atoms in total. The normalized spacial score (nSPS) is 16.2. The molecule has 0 bridgehead atoms. The van der Waals surface area contributed by atoms with E-state index in [2.05, 4.69) is 5.10 Å². The van der Waals surface area contributed by atoms with Crippen molar-refractivity contribution < 1.29 is 18.3 Å². The molecule has 0 radical (unpaired) electrons. The van der Waals surface area contributed by atoms with E-state index in [-0.39, 0.29) is 16.1 Å². The van der Waals surface area contributed by atoms with Crippen molar-refractivity contribution in [3.05, 3.63) is 11.2 Å². The zero-order valence-electron chi connectivity index (χ0n) is 9.58. The summed E-state index contributed by atoms with van der Waals surface area (Å²) in [5.74, 6) is -1.19. The van der Waals surface area contributed by atoms with Crippen molar-refractivity contribution in [2.24, 2.45) is 7.05 Å². The quantitative estimate of drug-likeness (QED) is 0.843. The zero-order chi connectivity index (χ0) is 13.5. The molecule has 0 aliphatic heterocycles. The summed E-state index contributed by atoms with van der Waals surface area (Å²) in [6, 6.07) is -0.253. The predicted molar refractivity (Wildman–Crippen MR) is 62.8 cm³/mol. The molecule has 1 aliphatic carbocycles. The van der Waals surface area contributed by atoms with E-state index < -0.39 is 22.5 Å². The van der Waals surface area contributed by atoms with Crippen LogP contribution in [-0.2, 0) is 21.9 Å². The van der Waals surface area contributed by atoms with Gasteiger partial charge in [-0.3, -0.25) is 9.48 Å². The van der Waals surface area contributed by atoms with Crippen LogP contribution in [0.25, 0.3) is 0 Å². The molecule has 1 fully saturated rings. The number of aliphatic carboxylic acids is 1. The highest BCUT2D eigenvalue weighted by atomic mass is 35.5. The third-order valence-corrected chi connectivity index (χ3v) is 5.05. The maximum absolute atomic E-state index is 12.4. The van der Waals surface area contributed by atoms with Crippen molar-refractivity contribution in [1.29, 1.82) is 0 Å². The first-order valence-electron chi connectivity index (χ1n) is 5.25. The number of halogens is 1. The van der Waals surface area contributed by atoms with Gasteiger partial charge >= 0.3 is 5.97 Å². The zero-order valence-corrected chi connectivity index (χ0v) is 11.1. The van der Waals surface area contributed by atoms with E-state index in [4.69, 9.17) is 16.7 Å². The number of carbonyl (C=O) groups is 1. The van der Waals surface area contributed by atoms with Gasteiger partial charge < -0.3 is 5.11 Å². The molecule has 100 valence electrons. The molecule has 9 heteroatoms. The Morgan fingerprint density at radius 1 is 1.67 bits per heavy atom. The number of hydrogen-bond acceptors (Lipinski definition) is 4. The first-order chi connectivity index (χ1) is 8.34. The Kier molecular flexibility index (Phi) is 3.35. The van der Waals surface area contributed by atoms with Gasteiger partial charge in [-0.1, -0.05) is 11.6 Å². The van der Waals surface area contributed by atoms with Crippen LogP contribution in [0.4, 0.5) is 0 Å². The van der Waals surface area contributed by atoms with Crippen molar-refractivity contribution in [2.75, 3.05) is 6.54 Å². The minimum Gasteiger partial charge on any atom is -0.480 e. The van der Waals surface area contributed by atoms with E-state index in [0.29, 0.717) is 12.8 Å². The number of carboxylic acids is 1. The topological polar surface area (TPSA) is 92.5 Å². The fourth-order valence-electron chi connectivity index (χ4n) is 1.71. The van der Waals surface area contributed by atoms with E-state index in [0.717, 1.165) is 8.99 Å². The van der Waals surface area contributed by atoms with Crippen LogP contribution in [0.3, 0.4) is 0 Å². The van der Waals surface area contributed by atoms with Gasteiger partial charge in [0.05, 0.1) is 11.2 Å². The van der Waals surface area contributed by atoms with Gasteiger partial charge in [-0.05, 0) is 12.8 Å². The number of aryl methyl sites for hydroxylation is 1. The summed E-state index contributed by atoms with van der Waals surface area (Å²) in [6.07, 6.45) is 2.56. The van der Waals surface area contributed by atoms with E-state index in [9.17, 15) is 13.2 Å². The molecule has 1 N–H and O–H groups in total. The second kappa shape index (κ2) is 4.52. The summed E-state index contributed by atoms with van der Waals surface area (Å²) in [7, 11) is -2.48. The van der Waals surface area contributed by atoms with Crippen LogP contribution >= 0.6 is 11.6 Å². The molecule has 0 unspecified atom stereocenters. The molecule has 1 saturated carbocycles. The fraction of sp³-hybridized carbons (Fsp3) is 0.556. The molecule has 0 amide bonds. The summed E-state index contributed by atoms with van der Waals surface area (Å²) < 4.78 is 26.8. The smallest absolute Gasteiger partial charge is 0.318 e. The van der Waals surface area contributed by atoms with Crippen LogP contribution in [0.5, 0.6) is 0 Å². The molecule has 1 aliphatic rings. The van der Waals surface area contributed by atoms with Crippen molar-refractivity contribution in [3.8, 4) is 0 Å². The first-order valence-corrected chi connectivity index (χ1v) is 7.07. The minimum atomic E-state index is -3.93. The lowest BCUT2D eigenvalue weighted by Crippen LogP contribution is -2.38. The lowest BCUT2D eigenvalue weighted by molar-refractivity contribution is -0.137. The Morgan fingerprint density at radius 2 is 2.28 bits per heavy atom. The van der Waals surface area contributed by atoms with Crippen LogP contribution in [0, 0.1) is 0 Å². The van der Waals surface area contributed by atoms with Gasteiger partial charge in [0, 0.05) is 13.1 Å². The third kappa shape index (κ3) is 2.36. The first kappa shape index (κ1) is 13.3. The van der Waals surface area contributed by atoms with Gasteiger partial charge in [0.15, 0.2) is 5.03 Å². The Hall–Kier alpha value is -1.12. The van der Waals surface area contributed by atoms with Crippen molar-refractivity contribution in [1.82, 2.24) is 14.1 Å². The fourth-order valence-corrected chi connectivity index (χ4v) is 3.95. The molecule has 0 atom stereocenters. The second-order valence-corrected chi connectivity index (χ2v) is 6.31. The van der Waals surface area contributed by atoms with E-state index in [1.807, 2.05) is 0 Å². The molecule has 0 saturated heterocycles. The average Bonchev–Trinajstić information content (AvgIpc) is 3.01. The lowest BCUT2D eigenvalue weighted by atomic mass is 10.6. The van der Waals surface area contributed by atoms with Gasteiger partial charge in [0.25, 0.3) is 10.0 Å². The van der Waals surface area contributed by atoms with Gasteiger partial charge in [-0.25, -0.2) is 8.42 Å². The summed E-state index contributed by atoms with van der Waals surface area (Å²) in [4.78, 5) is 10.8. The van der Waals surface area contributed by atoms with Crippen molar-refractivity contribution >= 4 is 27.6 Å². The largest absolute Gasteiger partial charge is 0.480 e. The summed E-state index contributed by atoms with van der Waals surface area (Å²) in [5, 5.41) is 12.4. The number of aromatic nitrogens is 2. The highest BCUT2D eigenvalue weighted by Crippen LogP contribution is 2.33. The summed E-state index contributed by atoms with van der Waals surface area (Å²) in [5.41, 5.74) is 0. The highest BCUT2D eigenvalue weighted by molar-refractivity contribution is 7.89. The molecule has 1 aromatic rings. The molecule has 0 aromatic carbocycles. The van der Waals surface area contributed by atoms with Gasteiger partial charge in [-0.2, -0.15) is 9.40 Å². The molecular weight excluding hydrogens is 282 g/mol. The standard InChI is InChI=1S/C9H12ClN3O4S/c1-12-9(7(10)4-11-12)18(16,17)13(5-8(14)15)6-2-3-6/h4,6H,2-3,5H2,1H3,(H,14,15). The Morgan fingerprint density at radius 3 is 2.67 bits per heavy atom. The SMILES string of the molecule is Cn1ncc(Cl)c1S(=O)(=O)N(CC(=O)O)C1CC1. The third-order valence-electron chi connectivity index (χ3n) is 2.64. The molecule has 1 aromatic heterocycles. The van der Waals surface area contributed by atoms with E-state index in [1.165, 1.54) is 13.2 Å². The highest BCUT2D eigenvalue weighted by Gasteiger charge is 2.41. The summed E-state index contributed by atoms with van der Waals surface area (Å²) >= 11 is 5.80. The van der Waals surface area contributed by atoms with Gasteiger partial charge in [0.1, 0.15) is 6.54 Å². The van der Waals surface area contributed by atoms with Crippen LogP contribution in [0.15, 0.2) is 11.2 Å². The lowest BCUT2D eigenvalue weighted by Gasteiger charge is -2.19. The molecular formula is C9H12ClN3O4S. The molecule has 0 spiro atoms. The molecule has 1 heterocycles. The number of sulfonamides is 1. The molecule has 18 heavy (non-hydrogen) atoms. The summed E-state index contributed by atoms with van der Waals surface area (Å²) in [6.45, 7) is -0.561.